The molecule has 2 aliphatic rings. The summed E-state index contributed by atoms with van der Waals surface area (Å²) >= 11 is 0. The number of para-hydroxylation sites is 1. The Balaban J connectivity index is 1.53. The van der Waals surface area contributed by atoms with Crippen LogP contribution in [-0.4, -0.2) is 57.2 Å². The molecule has 0 spiro atoms. The topological polar surface area (TPSA) is 41.4 Å². The molecule has 4 rings (SSSR count). The molecule has 3 heterocycles. The van der Waals surface area contributed by atoms with Crippen LogP contribution < -0.4 is 0 Å². The predicted octanol–water partition coefficient (Wildman–Crippen LogP) is 2.96. The molecule has 25 heavy (non-hydrogen) atoms. The van der Waals surface area contributed by atoms with Crippen molar-refractivity contribution in [3.63, 3.8) is 0 Å². The molecule has 0 bridgehead atoms. The summed E-state index contributed by atoms with van der Waals surface area (Å²) in [6.07, 6.45) is 6.55. The largest absolute Gasteiger partial charge is 0.333 e. The third-order valence-electron chi connectivity index (χ3n) is 5.65. The number of likely N-dealkylation sites (N-methyl/N-ethyl adjacent to an activating group) is 1. The second-order valence-electron chi connectivity index (χ2n) is 7.03. The van der Waals surface area contributed by atoms with E-state index in [9.17, 15) is 4.79 Å². The van der Waals surface area contributed by atoms with E-state index in [1.807, 2.05) is 42.6 Å². The zero-order valence-corrected chi connectivity index (χ0v) is 14.8. The number of hydrogen-bond acceptors (Lipinski definition) is 3. The van der Waals surface area contributed by atoms with Crippen molar-refractivity contribution in [3.8, 4) is 5.69 Å². The predicted molar refractivity (Wildman–Crippen MR) is 97.9 cm³/mol. The fourth-order valence-corrected chi connectivity index (χ4v) is 4.43. The van der Waals surface area contributed by atoms with Crippen molar-refractivity contribution < 1.29 is 4.79 Å². The van der Waals surface area contributed by atoms with Crippen LogP contribution in [0.3, 0.4) is 0 Å². The minimum absolute atomic E-state index is 0.0835. The smallest absolute Gasteiger partial charge is 0.274 e. The van der Waals surface area contributed by atoms with Crippen LogP contribution in [0.5, 0.6) is 0 Å². The van der Waals surface area contributed by atoms with Crippen molar-refractivity contribution >= 4 is 5.91 Å². The van der Waals surface area contributed by atoms with Gasteiger partial charge in [0.15, 0.2) is 5.69 Å². The van der Waals surface area contributed by atoms with E-state index in [1.54, 1.807) is 4.68 Å². The average Bonchev–Trinajstić information content (AvgIpc) is 3.41. The average molecular weight is 338 g/mol. The molecule has 132 valence electrons. The normalized spacial score (nSPS) is 24.1. The molecule has 0 aliphatic carbocycles. The molecule has 2 aromatic rings. The first-order chi connectivity index (χ1) is 12.3. The Morgan fingerprint density at radius 2 is 1.84 bits per heavy atom. The Kier molecular flexibility index (Phi) is 4.57. The van der Waals surface area contributed by atoms with Gasteiger partial charge in [0.05, 0.1) is 5.69 Å². The molecule has 0 N–H and O–H groups in total. The summed E-state index contributed by atoms with van der Waals surface area (Å²) < 4.78 is 1.78. The van der Waals surface area contributed by atoms with E-state index in [0.29, 0.717) is 17.8 Å². The van der Waals surface area contributed by atoms with Crippen LogP contribution in [0.25, 0.3) is 5.69 Å². The van der Waals surface area contributed by atoms with Gasteiger partial charge >= 0.3 is 0 Å². The van der Waals surface area contributed by atoms with Gasteiger partial charge in [-0.2, -0.15) is 5.10 Å². The third kappa shape index (κ3) is 3.09. The van der Waals surface area contributed by atoms with Crippen molar-refractivity contribution in [2.45, 2.75) is 44.7 Å². The lowest BCUT2D eigenvalue weighted by atomic mass is 10.0. The quantitative estimate of drug-likeness (QED) is 0.861. The second kappa shape index (κ2) is 7.00. The first-order valence-electron chi connectivity index (χ1n) is 9.44. The SMILES string of the molecule is CCN1CCC[C@H]1[C@@H]1CCCN1C(=O)c1ccn(-c2ccccc2)n1. The summed E-state index contributed by atoms with van der Waals surface area (Å²) in [5.41, 5.74) is 1.53. The maximum atomic E-state index is 13.1. The number of carbonyl (C=O) groups excluding carboxylic acids is 1. The number of likely N-dealkylation sites (tertiary alicyclic amines) is 2. The second-order valence-corrected chi connectivity index (χ2v) is 7.03. The molecule has 2 fully saturated rings. The molecule has 2 atom stereocenters. The Morgan fingerprint density at radius 3 is 2.64 bits per heavy atom. The third-order valence-corrected chi connectivity index (χ3v) is 5.65. The Morgan fingerprint density at radius 1 is 1.08 bits per heavy atom. The zero-order chi connectivity index (χ0) is 17.2. The molecule has 1 amide bonds. The van der Waals surface area contributed by atoms with Crippen molar-refractivity contribution in [2.24, 2.45) is 0 Å². The highest BCUT2D eigenvalue weighted by atomic mass is 16.2. The van der Waals surface area contributed by atoms with Gasteiger partial charge < -0.3 is 4.90 Å². The van der Waals surface area contributed by atoms with Crippen molar-refractivity contribution in [1.82, 2.24) is 19.6 Å². The highest BCUT2D eigenvalue weighted by Crippen LogP contribution is 2.30. The van der Waals surface area contributed by atoms with E-state index in [4.69, 9.17) is 0 Å². The molecule has 1 aromatic carbocycles. The maximum absolute atomic E-state index is 13.1. The van der Waals surface area contributed by atoms with E-state index in [1.165, 1.54) is 19.4 Å². The number of aromatic nitrogens is 2. The molecule has 0 saturated carbocycles. The molecular weight excluding hydrogens is 312 g/mol. The van der Waals surface area contributed by atoms with Gasteiger partial charge in [-0.3, -0.25) is 9.69 Å². The summed E-state index contributed by atoms with van der Waals surface area (Å²) in [6, 6.07) is 12.6. The van der Waals surface area contributed by atoms with Gasteiger partial charge in [-0.05, 0) is 57.0 Å². The fourth-order valence-electron chi connectivity index (χ4n) is 4.43. The van der Waals surface area contributed by atoms with E-state index in [0.717, 1.165) is 31.6 Å². The molecule has 5 nitrogen and oxygen atoms in total. The molecule has 2 aliphatic heterocycles. The van der Waals surface area contributed by atoms with Crippen molar-refractivity contribution in [1.29, 1.82) is 0 Å². The minimum Gasteiger partial charge on any atom is -0.333 e. The Labute approximate surface area is 149 Å². The lowest BCUT2D eigenvalue weighted by Crippen LogP contribution is -2.48. The monoisotopic (exact) mass is 338 g/mol. The van der Waals surface area contributed by atoms with E-state index >= 15 is 0 Å². The number of carbonyl (C=O) groups is 1. The molecule has 2 saturated heterocycles. The molecular formula is C20H26N4O. The van der Waals surface area contributed by atoms with Crippen LogP contribution in [-0.2, 0) is 0 Å². The van der Waals surface area contributed by atoms with Crippen molar-refractivity contribution in [2.75, 3.05) is 19.6 Å². The zero-order valence-electron chi connectivity index (χ0n) is 14.8. The lowest BCUT2D eigenvalue weighted by Gasteiger charge is -2.34. The summed E-state index contributed by atoms with van der Waals surface area (Å²) in [5, 5.41) is 4.54. The first-order valence-corrected chi connectivity index (χ1v) is 9.44. The number of benzene rings is 1. The van der Waals surface area contributed by atoms with E-state index in [2.05, 4.69) is 21.8 Å². The van der Waals surface area contributed by atoms with Gasteiger partial charge in [-0.25, -0.2) is 4.68 Å². The minimum atomic E-state index is 0.0835. The number of rotatable bonds is 4. The highest BCUT2D eigenvalue weighted by Gasteiger charge is 2.39. The standard InChI is InChI=1S/C20H26N4O/c1-2-22-13-6-10-18(22)19-11-7-14-23(19)20(25)17-12-15-24(21-17)16-8-4-3-5-9-16/h3-5,8-9,12,15,18-19H,2,6-7,10-11,13-14H2,1H3/t18-,19-/m0/s1. The summed E-state index contributed by atoms with van der Waals surface area (Å²) in [4.78, 5) is 17.7. The van der Waals surface area contributed by atoms with Crippen LogP contribution in [0.1, 0.15) is 43.1 Å². The van der Waals surface area contributed by atoms with E-state index < -0.39 is 0 Å². The van der Waals surface area contributed by atoms with E-state index in [-0.39, 0.29) is 5.91 Å². The van der Waals surface area contributed by atoms with Crippen LogP contribution in [0.4, 0.5) is 0 Å². The van der Waals surface area contributed by atoms with Crippen LogP contribution in [0.2, 0.25) is 0 Å². The van der Waals surface area contributed by atoms with Gasteiger partial charge in [-0.15, -0.1) is 0 Å². The van der Waals surface area contributed by atoms with Gasteiger partial charge in [0.1, 0.15) is 0 Å². The molecule has 0 radical (unpaired) electrons. The summed E-state index contributed by atoms with van der Waals surface area (Å²) in [7, 11) is 0. The summed E-state index contributed by atoms with van der Waals surface area (Å²) in [6.45, 7) is 5.32. The first kappa shape index (κ1) is 16.3. The number of hydrogen-bond donors (Lipinski definition) is 0. The fraction of sp³-hybridized carbons (Fsp3) is 0.500. The van der Waals surface area contributed by atoms with Crippen LogP contribution in [0.15, 0.2) is 42.6 Å². The van der Waals surface area contributed by atoms with Gasteiger partial charge in [0.2, 0.25) is 0 Å². The van der Waals surface area contributed by atoms with Gasteiger partial charge in [0, 0.05) is 24.8 Å². The highest BCUT2D eigenvalue weighted by molar-refractivity contribution is 5.92. The van der Waals surface area contributed by atoms with Crippen LogP contribution in [0, 0.1) is 0 Å². The molecule has 5 heteroatoms. The van der Waals surface area contributed by atoms with Gasteiger partial charge in [-0.1, -0.05) is 25.1 Å². The summed E-state index contributed by atoms with van der Waals surface area (Å²) in [5.74, 6) is 0.0835. The Bertz CT molecular complexity index is 726. The Hall–Kier alpha value is -2.14. The molecule has 0 unspecified atom stereocenters. The van der Waals surface area contributed by atoms with Crippen molar-refractivity contribution in [3.05, 3.63) is 48.3 Å². The maximum Gasteiger partial charge on any atom is 0.274 e. The number of nitrogens with zero attached hydrogens (tertiary/aromatic N) is 4. The number of amides is 1. The lowest BCUT2D eigenvalue weighted by molar-refractivity contribution is 0.0643. The molecule has 1 aromatic heterocycles. The van der Waals surface area contributed by atoms with Crippen LogP contribution >= 0.6 is 0 Å². The van der Waals surface area contributed by atoms with Gasteiger partial charge in [0.25, 0.3) is 5.91 Å².